The third-order valence-electron chi connectivity index (χ3n) is 3.00. The molecule has 2 rings (SSSR count). The molecule has 0 bridgehead atoms. The Hall–Kier alpha value is -2.30. The standard InChI is InChI=1S/C15H19N3O2/c1-11(2)18-10-12(9-17-18)8-16-14-7-5-4-6-13(14)15(19)20-3/h4-7,9-11,16H,8H2,1-3H3. The first-order valence-electron chi connectivity index (χ1n) is 6.56. The van der Waals surface area contributed by atoms with Gasteiger partial charge in [0.05, 0.1) is 18.9 Å². The van der Waals surface area contributed by atoms with Gasteiger partial charge in [0.25, 0.3) is 0 Å². The van der Waals surface area contributed by atoms with Crippen LogP contribution in [0.2, 0.25) is 0 Å². The highest BCUT2D eigenvalue weighted by atomic mass is 16.5. The van der Waals surface area contributed by atoms with Crippen LogP contribution in [0.5, 0.6) is 0 Å². The highest BCUT2D eigenvalue weighted by molar-refractivity contribution is 5.95. The van der Waals surface area contributed by atoms with Crippen LogP contribution in [0, 0.1) is 0 Å². The van der Waals surface area contributed by atoms with E-state index >= 15 is 0 Å². The van der Waals surface area contributed by atoms with E-state index in [-0.39, 0.29) is 5.97 Å². The Labute approximate surface area is 118 Å². The molecule has 0 saturated carbocycles. The summed E-state index contributed by atoms with van der Waals surface area (Å²) in [5, 5.41) is 7.53. The first-order chi connectivity index (χ1) is 9.61. The van der Waals surface area contributed by atoms with Crippen LogP contribution in [0.3, 0.4) is 0 Å². The van der Waals surface area contributed by atoms with Gasteiger partial charge in [0, 0.05) is 30.0 Å². The van der Waals surface area contributed by atoms with E-state index in [1.54, 1.807) is 6.07 Å². The summed E-state index contributed by atoms with van der Waals surface area (Å²) in [6, 6.07) is 7.64. The Kier molecular flexibility index (Phi) is 4.40. The summed E-state index contributed by atoms with van der Waals surface area (Å²) in [5.74, 6) is -0.342. The lowest BCUT2D eigenvalue weighted by molar-refractivity contribution is 0.0602. The zero-order chi connectivity index (χ0) is 14.5. The van der Waals surface area contributed by atoms with Crippen molar-refractivity contribution in [2.24, 2.45) is 0 Å². The number of ether oxygens (including phenoxy) is 1. The number of para-hydroxylation sites is 1. The highest BCUT2D eigenvalue weighted by Crippen LogP contribution is 2.17. The van der Waals surface area contributed by atoms with Crippen molar-refractivity contribution in [2.45, 2.75) is 26.4 Å². The fourth-order valence-electron chi connectivity index (χ4n) is 1.87. The second-order valence-electron chi connectivity index (χ2n) is 4.81. The van der Waals surface area contributed by atoms with Gasteiger partial charge in [-0.2, -0.15) is 5.10 Å². The van der Waals surface area contributed by atoms with E-state index in [4.69, 9.17) is 4.74 Å². The van der Waals surface area contributed by atoms with Crippen LogP contribution in [0.15, 0.2) is 36.7 Å². The summed E-state index contributed by atoms with van der Waals surface area (Å²) in [7, 11) is 1.38. The molecular weight excluding hydrogens is 254 g/mol. The van der Waals surface area contributed by atoms with Crippen LogP contribution in [-0.4, -0.2) is 22.9 Å². The van der Waals surface area contributed by atoms with E-state index in [1.807, 2.05) is 35.3 Å². The van der Waals surface area contributed by atoms with Crippen LogP contribution in [-0.2, 0) is 11.3 Å². The van der Waals surface area contributed by atoms with Crippen molar-refractivity contribution < 1.29 is 9.53 Å². The second-order valence-corrected chi connectivity index (χ2v) is 4.81. The molecule has 0 fully saturated rings. The maximum atomic E-state index is 11.7. The Morgan fingerprint density at radius 1 is 1.40 bits per heavy atom. The van der Waals surface area contributed by atoms with Crippen LogP contribution in [0.25, 0.3) is 0 Å². The molecule has 0 saturated heterocycles. The average Bonchev–Trinajstić information content (AvgIpc) is 2.93. The minimum Gasteiger partial charge on any atom is -0.465 e. The van der Waals surface area contributed by atoms with E-state index < -0.39 is 0 Å². The van der Waals surface area contributed by atoms with Crippen molar-refractivity contribution in [3.05, 3.63) is 47.8 Å². The lowest BCUT2D eigenvalue weighted by Crippen LogP contribution is -2.08. The number of benzene rings is 1. The summed E-state index contributed by atoms with van der Waals surface area (Å²) < 4.78 is 6.68. The van der Waals surface area contributed by atoms with Gasteiger partial charge in [-0.15, -0.1) is 0 Å². The lowest BCUT2D eigenvalue weighted by atomic mass is 10.1. The predicted octanol–water partition coefficient (Wildman–Crippen LogP) is 2.86. The Morgan fingerprint density at radius 2 is 2.15 bits per heavy atom. The van der Waals surface area contributed by atoms with E-state index in [9.17, 15) is 4.79 Å². The topological polar surface area (TPSA) is 56.1 Å². The van der Waals surface area contributed by atoms with Crippen molar-refractivity contribution in [2.75, 3.05) is 12.4 Å². The van der Waals surface area contributed by atoms with Gasteiger partial charge in [-0.25, -0.2) is 4.79 Å². The van der Waals surface area contributed by atoms with Crippen molar-refractivity contribution in [3.8, 4) is 0 Å². The number of hydrogen-bond donors (Lipinski definition) is 1. The van der Waals surface area contributed by atoms with Crippen LogP contribution in [0.1, 0.15) is 35.8 Å². The van der Waals surface area contributed by atoms with Gasteiger partial charge in [-0.3, -0.25) is 4.68 Å². The lowest BCUT2D eigenvalue weighted by Gasteiger charge is -2.09. The summed E-state index contributed by atoms with van der Waals surface area (Å²) in [6.45, 7) is 4.77. The summed E-state index contributed by atoms with van der Waals surface area (Å²) in [5.41, 5.74) is 2.36. The highest BCUT2D eigenvalue weighted by Gasteiger charge is 2.10. The van der Waals surface area contributed by atoms with Crippen molar-refractivity contribution in [1.29, 1.82) is 0 Å². The number of nitrogens with zero attached hydrogens (tertiary/aromatic N) is 2. The number of carbonyl (C=O) groups excluding carboxylic acids is 1. The number of methoxy groups -OCH3 is 1. The van der Waals surface area contributed by atoms with Crippen molar-refractivity contribution >= 4 is 11.7 Å². The molecule has 0 amide bonds. The van der Waals surface area contributed by atoms with Crippen LogP contribution >= 0.6 is 0 Å². The average molecular weight is 273 g/mol. The smallest absolute Gasteiger partial charge is 0.339 e. The van der Waals surface area contributed by atoms with Gasteiger partial charge in [0.15, 0.2) is 0 Å². The van der Waals surface area contributed by atoms with E-state index in [1.165, 1.54) is 7.11 Å². The van der Waals surface area contributed by atoms with Gasteiger partial charge < -0.3 is 10.1 Å². The number of anilines is 1. The molecule has 0 aliphatic heterocycles. The SMILES string of the molecule is COC(=O)c1ccccc1NCc1cnn(C(C)C)c1. The third-order valence-corrected chi connectivity index (χ3v) is 3.00. The van der Waals surface area contributed by atoms with Crippen molar-refractivity contribution in [3.63, 3.8) is 0 Å². The number of rotatable bonds is 5. The minimum absolute atomic E-state index is 0.339. The van der Waals surface area contributed by atoms with Crippen LogP contribution < -0.4 is 5.32 Å². The molecule has 1 N–H and O–H groups in total. The Morgan fingerprint density at radius 3 is 2.80 bits per heavy atom. The third kappa shape index (κ3) is 3.17. The first-order valence-corrected chi connectivity index (χ1v) is 6.56. The fraction of sp³-hybridized carbons (Fsp3) is 0.333. The zero-order valence-corrected chi connectivity index (χ0v) is 12.0. The molecule has 1 aromatic carbocycles. The number of nitrogens with one attached hydrogen (secondary N) is 1. The molecular formula is C15H19N3O2. The normalized spacial score (nSPS) is 10.6. The zero-order valence-electron chi connectivity index (χ0n) is 12.0. The first kappa shape index (κ1) is 14.1. The molecule has 0 aliphatic carbocycles. The number of esters is 1. The molecule has 0 spiro atoms. The second kappa shape index (κ2) is 6.23. The number of hydrogen-bond acceptors (Lipinski definition) is 4. The molecule has 0 atom stereocenters. The Balaban J connectivity index is 2.08. The number of carbonyl (C=O) groups is 1. The van der Waals surface area contributed by atoms with E-state index in [0.717, 1.165) is 11.3 Å². The van der Waals surface area contributed by atoms with Gasteiger partial charge in [-0.05, 0) is 26.0 Å². The van der Waals surface area contributed by atoms with Crippen LogP contribution in [0.4, 0.5) is 5.69 Å². The molecule has 5 nitrogen and oxygen atoms in total. The van der Waals surface area contributed by atoms with Gasteiger partial charge in [-0.1, -0.05) is 12.1 Å². The fourth-order valence-corrected chi connectivity index (χ4v) is 1.87. The summed E-state index contributed by atoms with van der Waals surface area (Å²) in [6.07, 6.45) is 3.83. The van der Waals surface area contributed by atoms with Gasteiger partial charge >= 0.3 is 5.97 Å². The van der Waals surface area contributed by atoms with E-state index in [0.29, 0.717) is 18.2 Å². The molecule has 1 heterocycles. The molecule has 1 aromatic heterocycles. The van der Waals surface area contributed by atoms with Crippen molar-refractivity contribution in [1.82, 2.24) is 9.78 Å². The Bertz CT molecular complexity index is 590. The monoisotopic (exact) mass is 273 g/mol. The van der Waals surface area contributed by atoms with Gasteiger partial charge in [0.1, 0.15) is 0 Å². The summed E-state index contributed by atoms with van der Waals surface area (Å²) in [4.78, 5) is 11.7. The maximum absolute atomic E-state index is 11.7. The number of aromatic nitrogens is 2. The maximum Gasteiger partial charge on any atom is 0.339 e. The molecule has 5 heteroatoms. The van der Waals surface area contributed by atoms with Gasteiger partial charge in [0.2, 0.25) is 0 Å². The molecule has 0 aliphatic rings. The molecule has 0 unspecified atom stereocenters. The largest absolute Gasteiger partial charge is 0.465 e. The quantitative estimate of drug-likeness (QED) is 0.851. The van der Waals surface area contributed by atoms with E-state index in [2.05, 4.69) is 24.3 Å². The molecule has 20 heavy (non-hydrogen) atoms. The predicted molar refractivity (Wildman–Crippen MR) is 77.7 cm³/mol. The summed E-state index contributed by atoms with van der Waals surface area (Å²) >= 11 is 0. The molecule has 2 aromatic rings. The molecule has 0 radical (unpaired) electrons. The minimum atomic E-state index is -0.342. The molecule has 106 valence electrons.